The summed E-state index contributed by atoms with van der Waals surface area (Å²) in [5.41, 5.74) is 3.11. The van der Waals surface area contributed by atoms with Crippen molar-refractivity contribution in [2.45, 2.75) is 26.2 Å². The Balaban J connectivity index is 1.56. The van der Waals surface area contributed by atoms with E-state index in [0.717, 1.165) is 12.8 Å². The molecule has 0 saturated carbocycles. The van der Waals surface area contributed by atoms with E-state index >= 15 is 0 Å². The third-order valence-electron chi connectivity index (χ3n) is 4.38. The number of nitrogens with one attached hydrogen (secondary N) is 1. The second kappa shape index (κ2) is 7.38. The van der Waals surface area contributed by atoms with Crippen LogP contribution in [0.5, 0.6) is 0 Å². The predicted octanol–water partition coefficient (Wildman–Crippen LogP) is 3.73. The van der Waals surface area contributed by atoms with Gasteiger partial charge in [-0.25, -0.2) is 4.79 Å². The van der Waals surface area contributed by atoms with Crippen LogP contribution in [0.2, 0.25) is 0 Å². The number of hydrogen-bond acceptors (Lipinski definition) is 3. The Hall–Kier alpha value is -2.82. The first-order valence-corrected chi connectivity index (χ1v) is 8.46. The molecule has 1 heterocycles. The van der Waals surface area contributed by atoms with Crippen LogP contribution in [-0.2, 0) is 18.3 Å². The van der Waals surface area contributed by atoms with Gasteiger partial charge in [0.05, 0.1) is 5.52 Å². The van der Waals surface area contributed by atoms with Gasteiger partial charge in [-0.1, -0.05) is 37.3 Å². The molecule has 3 rings (SSSR count). The van der Waals surface area contributed by atoms with Gasteiger partial charge in [-0.2, -0.15) is 0 Å². The Bertz CT molecular complexity index is 925. The first kappa shape index (κ1) is 17.0. The molecule has 1 amide bonds. The molecule has 0 aliphatic rings. The summed E-state index contributed by atoms with van der Waals surface area (Å²) in [5, 5.41) is 2.88. The van der Waals surface area contributed by atoms with Gasteiger partial charge in [-0.15, -0.1) is 0 Å². The fraction of sp³-hybridized carbons (Fsp3) is 0.300. The van der Waals surface area contributed by atoms with Crippen LogP contribution < -0.4 is 11.1 Å². The molecule has 0 aliphatic heterocycles. The van der Waals surface area contributed by atoms with Gasteiger partial charge in [0.2, 0.25) is 5.91 Å². The maximum atomic E-state index is 12.2. The summed E-state index contributed by atoms with van der Waals surface area (Å²) >= 11 is 0. The van der Waals surface area contributed by atoms with Crippen LogP contribution in [0.3, 0.4) is 0 Å². The zero-order chi connectivity index (χ0) is 17.8. The molecule has 1 N–H and O–H groups in total. The Labute approximate surface area is 146 Å². The zero-order valence-corrected chi connectivity index (χ0v) is 14.5. The monoisotopic (exact) mass is 338 g/mol. The molecule has 3 aromatic rings. The van der Waals surface area contributed by atoms with Crippen LogP contribution in [-0.4, -0.2) is 10.5 Å². The van der Waals surface area contributed by atoms with Gasteiger partial charge in [-0.3, -0.25) is 9.36 Å². The predicted molar refractivity (Wildman–Crippen MR) is 98.6 cm³/mol. The van der Waals surface area contributed by atoms with E-state index in [-0.39, 0.29) is 5.91 Å². The minimum Gasteiger partial charge on any atom is -0.408 e. The molecule has 1 atom stereocenters. The minimum atomic E-state index is -0.409. The van der Waals surface area contributed by atoms with E-state index in [1.165, 1.54) is 10.1 Å². The van der Waals surface area contributed by atoms with Crippen molar-refractivity contribution >= 4 is 22.7 Å². The molecule has 0 spiro atoms. The van der Waals surface area contributed by atoms with Gasteiger partial charge in [0, 0.05) is 25.2 Å². The second-order valence-corrected chi connectivity index (χ2v) is 6.49. The van der Waals surface area contributed by atoms with Crippen LogP contribution in [0.1, 0.15) is 25.3 Å². The van der Waals surface area contributed by atoms with Crippen molar-refractivity contribution in [1.29, 1.82) is 0 Å². The van der Waals surface area contributed by atoms with E-state index in [2.05, 4.69) is 24.4 Å². The van der Waals surface area contributed by atoms with E-state index in [1.807, 2.05) is 18.2 Å². The first-order valence-electron chi connectivity index (χ1n) is 8.46. The molecule has 5 heteroatoms. The number of oxazole rings is 1. The highest BCUT2D eigenvalue weighted by molar-refractivity contribution is 5.92. The summed E-state index contributed by atoms with van der Waals surface area (Å²) in [7, 11) is 1.65. The van der Waals surface area contributed by atoms with Crippen molar-refractivity contribution < 1.29 is 9.21 Å². The lowest BCUT2D eigenvalue weighted by Gasteiger charge is -2.11. The Kier molecular flexibility index (Phi) is 5.03. The number of rotatable bonds is 6. The van der Waals surface area contributed by atoms with Crippen molar-refractivity contribution in [3.63, 3.8) is 0 Å². The number of anilines is 1. The molecule has 1 unspecified atom stereocenters. The lowest BCUT2D eigenvalue weighted by molar-refractivity contribution is -0.117. The summed E-state index contributed by atoms with van der Waals surface area (Å²) in [4.78, 5) is 23.7. The third kappa shape index (κ3) is 4.18. The Morgan fingerprint density at radius 2 is 1.96 bits per heavy atom. The molecular formula is C20H22N2O3. The number of aromatic nitrogens is 1. The molecule has 0 fully saturated rings. The molecule has 0 saturated heterocycles. The van der Waals surface area contributed by atoms with Gasteiger partial charge >= 0.3 is 5.76 Å². The number of nitrogens with zero attached hydrogens (tertiary/aromatic N) is 1. The summed E-state index contributed by atoms with van der Waals surface area (Å²) < 4.78 is 6.58. The molecule has 130 valence electrons. The molecule has 2 aromatic carbocycles. The highest BCUT2D eigenvalue weighted by atomic mass is 16.4. The minimum absolute atomic E-state index is 0.0295. The van der Waals surface area contributed by atoms with Crippen molar-refractivity contribution in [3.05, 3.63) is 64.6 Å². The highest BCUT2D eigenvalue weighted by Crippen LogP contribution is 2.19. The fourth-order valence-electron chi connectivity index (χ4n) is 2.90. The summed E-state index contributed by atoms with van der Waals surface area (Å²) in [6, 6.07) is 15.5. The second-order valence-electron chi connectivity index (χ2n) is 6.49. The lowest BCUT2D eigenvalue weighted by atomic mass is 9.98. The zero-order valence-electron chi connectivity index (χ0n) is 14.5. The summed E-state index contributed by atoms with van der Waals surface area (Å²) in [5.74, 6) is -0.148. The maximum absolute atomic E-state index is 12.2. The largest absolute Gasteiger partial charge is 0.419 e. The topological polar surface area (TPSA) is 64.2 Å². The van der Waals surface area contributed by atoms with Crippen molar-refractivity contribution in [2.24, 2.45) is 13.0 Å². The number of amides is 1. The number of hydrogen-bond donors (Lipinski definition) is 1. The van der Waals surface area contributed by atoms with E-state index in [9.17, 15) is 9.59 Å². The quantitative estimate of drug-likeness (QED) is 0.745. The van der Waals surface area contributed by atoms with Crippen molar-refractivity contribution in [2.75, 3.05) is 5.32 Å². The van der Waals surface area contributed by atoms with Crippen molar-refractivity contribution in [3.8, 4) is 0 Å². The summed E-state index contributed by atoms with van der Waals surface area (Å²) in [6.07, 6.45) is 2.39. The van der Waals surface area contributed by atoms with Crippen LogP contribution in [0, 0.1) is 5.92 Å². The SMILES string of the molecule is CC(CCc1ccccc1)CC(=O)Nc1ccc2c(c1)oc(=O)n2C. The number of carbonyl (C=O) groups is 1. The van der Waals surface area contributed by atoms with Gasteiger partial charge in [0.15, 0.2) is 5.58 Å². The number of fused-ring (bicyclic) bond motifs is 1. The summed E-state index contributed by atoms with van der Waals surface area (Å²) in [6.45, 7) is 2.09. The molecule has 1 aromatic heterocycles. The van der Waals surface area contributed by atoms with E-state index in [4.69, 9.17) is 4.42 Å². The highest BCUT2D eigenvalue weighted by Gasteiger charge is 2.11. The van der Waals surface area contributed by atoms with Crippen LogP contribution >= 0.6 is 0 Å². The van der Waals surface area contributed by atoms with Crippen LogP contribution in [0.15, 0.2) is 57.7 Å². The number of benzene rings is 2. The molecular weight excluding hydrogens is 316 g/mol. The maximum Gasteiger partial charge on any atom is 0.419 e. The Morgan fingerprint density at radius 1 is 1.20 bits per heavy atom. The molecule has 0 radical (unpaired) electrons. The number of carbonyl (C=O) groups excluding carboxylic acids is 1. The third-order valence-corrected chi connectivity index (χ3v) is 4.38. The van der Waals surface area contributed by atoms with Gasteiger partial charge < -0.3 is 9.73 Å². The van der Waals surface area contributed by atoms with E-state index < -0.39 is 5.76 Å². The van der Waals surface area contributed by atoms with Crippen LogP contribution in [0.25, 0.3) is 11.1 Å². The van der Waals surface area contributed by atoms with Gasteiger partial charge in [0.1, 0.15) is 0 Å². The first-order chi connectivity index (χ1) is 12.0. The smallest absolute Gasteiger partial charge is 0.408 e. The molecule has 25 heavy (non-hydrogen) atoms. The van der Waals surface area contributed by atoms with Gasteiger partial charge in [-0.05, 0) is 36.5 Å². The average Bonchev–Trinajstić information content (AvgIpc) is 2.87. The lowest BCUT2D eigenvalue weighted by Crippen LogP contribution is -2.15. The standard InChI is InChI=1S/C20H22N2O3/c1-14(8-9-15-6-4-3-5-7-15)12-19(23)21-16-10-11-17-18(13-16)25-20(24)22(17)2/h3-7,10-11,13-14H,8-9,12H2,1-2H3,(H,21,23). The normalized spacial score (nSPS) is 12.2. The Morgan fingerprint density at radius 3 is 2.72 bits per heavy atom. The van der Waals surface area contributed by atoms with Crippen LogP contribution in [0.4, 0.5) is 5.69 Å². The average molecular weight is 338 g/mol. The van der Waals surface area contributed by atoms with Crippen molar-refractivity contribution in [1.82, 2.24) is 4.57 Å². The number of aryl methyl sites for hydroxylation is 2. The molecule has 0 bridgehead atoms. The van der Waals surface area contributed by atoms with E-state index in [0.29, 0.717) is 29.1 Å². The van der Waals surface area contributed by atoms with E-state index in [1.54, 1.807) is 25.2 Å². The molecule has 0 aliphatic carbocycles. The molecule has 5 nitrogen and oxygen atoms in total. The van der Waals surface area contributed by atoms with Gasteiger partial charge in [0.25, 0.3) is 0 Å². The fourth-order valence-corrected chi connectivity index (χ4v) is 2.90.